The van der Waals surface area contributed by atoms with Crippen LogP contribution in [-0.2, 0) is 13.0 Å². The van der Waals surface area contributed by atoms with Gasteiger partial charge in [0, 0.05) is 24.4 Å². The summed E-state index contributed by atoms with van der Waals surface area (Å²) in [4.78, 5) is 4.39. The summed E-state index contributed by atoms with van der Waals surface area (Å²) in [7, 11) is 0. The Labute approximate surface area is 173 Å². The maximum atomic E-state index is 4.39. The highest BCUT2D eigenvalue weighted by atomic mass is 15.0. The van der Waals surface area contributed by atoms with E-state index in [0.29, 0.717) is 5.92 Å². The van der Waals surface area contributed by atoms with Crippen LogP contribution in [0.2, 0.25) is 0 Å². The number of rotatable bonds is 9. The summed E-state index contributed by atoms with van der Waals surface area (Å²) in [5.41, 5.74) is 5.46. The van der Waals surface area contributed by atoms with Crippen molar-refractivity contribution in [2.45, 2.75) is 38.1 Å². The highest BCUT2D eigenvalue weighted by molar-refractivity contribution is 5.32. The Hall–Kier alpha value is -3.13. The van der Waals surface area contributed by atoms with Crippen molar-refractivity contribution >= 4 is 0 Å². The van der Waals surface area contributed by atoms with Gasteiger partial charge in [-0.1, -0.05) is 97.4 Å². The van der Waals surface area contributed by atoms with Gasteiger partial charge in [0.25, 0.3) is 0 Å². The number of aryl methyl sites for hydroxylation is 1. The van der Waals surface area contributed by atoms with E-state index in [1.807, 2.05) is 12.5 Å². The Balaban J connectivity index is 1.36. The van der Waals surface area contributed by atoms with Gasteiger partial charge in [0.1, 0.15) is 0 Å². The Kier molecular flexibility index (Phi) is 6.54. The van der Waals surface area contributed by atoms with Crippen LogP contribution in [0.1, 0.15) is 47.6 Å². The zero-order valence-electron chi connectivity index (χ0n) is 16.8. The van der Waals surface area contributed by atoms with Gasteiger partial charge in [-0.05, 0) is 36.0 Å². The SMILES string of the molecule is c1ccc(Cn2cncc2CCCCC(c2ccccc2)c2ccccc2)cc1. The molecule has 4 rings (SSSR count). The molecule has 146 valence electrons. The van der Waals surface area contributed by atoms with Crippen molar-refractivity contribution in [3.8, 4) is 0 Å². The standard InChI is InChI=1S/C27H28N2/c1-4-12-23(13-5-1)21-29-22-28-20-26(29)18-10-11-19-27(24-14-6-2-7-15-24)25-16-8-3-9-17-25/h1-9,12-17,20,22,27H,10-11,18-19,21H2. The first-order chi connectivity index (χ1) is 14.4. The zero-order valence-corrected chi connectivity index (χ0v) is 16.8. The first-order valence-corrected chi connectivity index (χ1v) is 10.5. The van der Waals surface area contributed by atoms with Crippen molar-refractivity contribution in [1.82, 2.24) is 9.55 Å². The molecule has 2 nitrogen and oxygen atoms in total. The van der Waals surface area contributed by atoms with Crippen molar-refractivity contribution < 1.29 is 0 Å². The lowest BCUT2D eigenvalue weighted by Gasteiger charge is -2.18. The fraction of sp³-hybridized carbons (Fsp3) is 0.222. The maximum absolute atomic E-state index is 4.39. The van der Waals surface area contributed by atoms with E-state index in [0.717, 1.165) is 13.0 Å². The van der Waals surface area contributed by atoms with E-state index in [1.165, 1.54) is 41.6 Å². The summed E-state index contributed by atoms with van der Waals surface area (Å²) in [6.45, 7) is 0.896. The summed E-state index contributed by atoms with van der Waals surface area (Å²) in [5, 5.41) is 0. The van der Waals surface area contributed by atoms with Gasteiger partial charge in [-0.15, -0.1) is 0 Å². The van der Waals surface area contributed by atoms with Gasteiger partial charge in [-0.25, -0.2) is 4.98 Å². The second kappa shape index (κ2) is 9.88. The van der Waals surface area contributed by atoms with Crippen LogP contribution in [0.25, 0.3) is 0 Å². The monoisotopic (exact) mass is 380 g/mol. The Morgan fingerprint density at radius 3 is 1.90 bits per heavy atom. The minimum absolute atomic E-state index is 0.464. The van der Waals surface area contributed by atoms with Crippen molar-refractivity contribution in [3.05, 3.63) is 126 Å². The van der Waals surface area contributed by atoms with Crippen LogP contribution in [0, 0.1) is 0 Å². The van der Waals surface area contributed by atoms with Gasteiger partial charge in [-0.2, -0.15) is 0 Å². The first-order valence-electron chi connectivity index (χ1n) is 10.5. The van der Waals surface area contributed by atoms with Crippen LogP contribution in [0.4, 0.5) is 0 Å². The van der Waals surface area contributed by atoms with Gasteiger partial charge in [0.15, 0.2) is 0 Å². The minimum Gasteiger partial charge on any atom is -0.330 e. The molecule has 0 aliphatic heterocycles. The van der Waals surface area contributed by atoms with Crippen LogP contribution in [-0.4, -0.2) is 9.55 Å². The molecule has 29 heavy (non-hydrogen) atoms. The van der Waals surface area contributed by atoms with Crippen molar-refractivity contribution in [3.63, 3.8) is 0 Å². The van der Waals surface area contributed by atoms with Crippen LogP contribution < -0.4 is 0 Å². The Morgan fingerprint density at radius 1 is 0.690 bits per heavy atom. The van der Waals surface area contributed by atoms with Gasteiger partial charge >= 0.3 is 0 Å². The summed E-state index contributed by atoms with van der Waals surface area (Å²) < 4.78 is 2.28. The lowest BCUT2D eigenvalue weighted by molar-refractivity contribution is 0.609. The molecule has 0 N–H and O–H groups in total. The molecule has 1 heterocycles. The zero-order chi connectivity index (χ0) is 19.7. The molecule has 0 aliphatic rings. The molecule has 0 atom stereocenters. The molecule has 0 aliphatic carbocycles. The third kappa shape index (κ3) is 5.23. The number of unbranched alkanes of at least 4 members (excludes halogenated alkanes) is 1. The third-order valence-corrected chi connectivity index (χ3v) is 5.57. The molecule has 1 aromatic heterocycles. The summed E-state index contributed by atoms with van der Waals surface area (Å²) in [6, 6.07) is 32.4. The van der Waals surface area contributed by atoms with Crippen LogP contribution >= 0.6 is 0 Å². The first kappa shape index (κ1) is 19.2. The molecule has 0 unspecified atom stereocenters. The molecule has 0 spiro atoms. The molecule has 2 heteroatoms. The molecule has 0 bridgehead atoms. The summed E-state index contributed by atoms with van der Waals surface area (Å²) in [6.07, 6.45) is 8.60. The van der Waals surface area contributed by atoms with E-state index in [4.69, 9.17) is 0 Å². The predicted molar refractivity (Wildman–Crippen MR) is 120 cm³/mol. The third-order valence-electron chi connectivity index (χ3n) is 5.57. The predicted octanol–water partition coefficient (Wildman–Crippen LogP) is 6.48. The molecule has 0 amide bonds. The van der Waals surface area contributed by atoms with Crippen LogP contribution in [0.15, 0.2) is 104 Å². The van der Waals surface area contributed by atoms with Gasteiger partial charge in [-0.3, -0.25) is 0 Å². The average Bonchev–Trinajstić information content (AvgIpc) is 3.22. The summed E-state index contributed by atoms with van der Waals surface area (Å²) >= 11 is 0. The van der Waals surface area contributed by atoms with Gasteiger partial charge < -0.3 is 4.57 Å². The normalized spacial score (nSPS) is 11.1. The number of benzene rings is 3. The molecular weight excluding hydrogens is 352 g/mol. The molecular formula is C27H28N2. The highest BCUT2D eigenvalue weighted by Crippen LogP contribution is 2.29. The highest BCUT2D eigenvalue weighted by Gasteiger charge is 2.13. The van der Waals surface area contributed by atoms with E-state index in [2.05, 4.69) is 101 Å². The topological polar surface area (TPSA) is 17.8 Å². The smallest absolute Gasteiger partial charge is 0.0951 e. The second-order valence-corrected chi connectivity index (χ2v) is 7.62. The molecule has 4 aromatic rings. The van der Waals surface area contributed by atoms with Gasteiger partial charge in [0.2, 0.25) is 0 Å². The number of hydrogen-bond donors (Lipinski definition) is 0. The molecule has 3 aromatic carbocycles. The van der Waals surface area contributed by atoms with Gasteiger partial charge in [0.05, 0.1) is 6.33 Å². The minimum atomic E-state index is 0.464. The average molecular weight is 381 g/mol. The van der Waals surface area contributed by atoms with E-state index in [-0.39, 0.29) is 0 Å². The number of hydrogen-bond acceptors (Lipinski definition) is 1. The number of imidazole rings is 1. The van der Waals surface area contributed by atoms with E-state index < -0.39 is 0 Å². The summed E-state index contributed by atoms with van der Waals surface area (Å²) in [5.74, 6) is 0.464. The largest absolute Gasteiger partial charge is 0.330 e. The van der Waals surface area contributed by atoms with Crippen LogP contribution in [0.3, 0.4) is 0 Å². The fourth-order valence-electron chi connectivity index (χ4n) is 4.03. The molecule has 0 radical (unpaired) electrons. The van der Waals surface area contributed by atoms with E-state index >= 15 is 0 Å². The quantitative estimate of drug-likeness (QED) is 0.304. The Morgan fingerprint density at radius 2 is 1.28 bits per heavy atom. The number of nitrogens with zero attached hydrogens (tertiary/aromatic N) is 2. The molecule has 0 saturated heterocycles. The molecule has 0 fully saturated rings. The van der Waals surface area contributed by atoms with E-state index in [1.54, 1.807) is 0 Å². The van der Waals surface area contributed by atoms with E-state index in [9.17, 15) is 0 Å². The lowest BCUT2D eigenvalue weighted by atomic mass is 9.87. The van der Waals surface area contributed by atoms with Crippen LogP contribution in [0.5, 0.6) is 0 Å². The maximum Gasteiger partial charge on any atom is 0.0951 e. The molecule has 0 saturated carbocycles. The fourth-order valence-corrected chi connectivity index (χ4v) is 4.03. The lowest BCUT2D eigenvalue weighted by Crippen LogP contribution is -2.04. The number of aromatic nitrogens is 2. The Bertz CT molecular complexity index is 935. The second-order valence-electron chi connectivity index (χ2n) is 7.62. The van der Waals surface area contributed by atoms with Crippen molar-refractivity contribution in [2.24, 2.45) is 0 Å². The van der Waals surface area contributed by atoms with Crippen molar-refractivity contribution in [1.29, 1.82) is 0 Å². The van der Waals surface area contributed by atoms with Crippen molar-refractivity contribution in [2.75, 3.05) is 0 Å².